The number of pyridine rings is 1. The minimum absolute atomic E-state index is 0. The molecule has 21 heavy (non-hydrogen) atoms. The Morgan fingerprint density at radius 3 is 2.57 bits per heavy atom. The highest BCUT2D eigenvalue weighted by atomic mass is 35.5. The molecule has 0 unspecified atom stereocenters. The van der Waals surface area contributed by atoms with Crippen molar-refractivity contribution in [3.05, 3.63) is 72.7 Å². The van der Waals surface area contributed by atoms with Crippen LogP contribution in [0, 0.1) is 0 Å². The molecule has 0 fully saturated rings. The van der Waals surface area contributed by atoms with E-state index in [-0.39, 0.29) is 18.3 Å². The molecule has 1 N–H and O–H groups in total. The van der Waals surface area contributed by atoms with Crippen LogP contribution in [-0.4, -0.2) is 20.8 Å². The molecule has 3 rings (SSSR count). The molecule has 2 aromatic heterocycles. The number of halogens is 1. The molecule has 0 saturated heterocycles. The van der Waals surface area contributed by atoms with Crippen molar-refractivity contribution in [3.63, 3.8) is 0 Å². The third-order valence-corrected chi connectivity index (χ3v) is 2.80. The number of amides is 1. The fraction of sp³-hybridized carbons (Fsp3) is 0. The van der Waals surface area contributed by atoms with Gasteiger partial charge in [0.2, 0.25) is 0 Å². The summed E-state index contributed by atoms with van der Waals surface area (Å²) in [7, 11) is 0. The number of hydrogen-bond donors (Lipinski definition) is 1. The SMILES string of the molecule is Cl.O=C(Nn1ccc(-c2ccccc2)n1)c1cccnc1. The summed E-state index contributed by atoms with van der Waals surface area (Å²) in [5.74, 6) is -0.249. The van der Waals surface area contributed by atoms with Gasteiger partial charge in [-0.05, 0) is 18.2 Å². The van der Waals surface area contributed by atoms with Crippen molar-refractivity contribution in [1.29, 1.82) is 0 Å². The van der Waals surface area contributed by atoms with Gasteiger partial charge in [0.1, 0.15) is 0 Å². The standard InChI is InChI=1S/C15H12N4O.ClH/c20-15(13-7-4-9-16-11-13)18-19-10-8-14(17-19)12-5-2-1-3-6-12;/h1-11H,(H,18,20);1H. The summed E-state index contributed by atoms with van der Waals surface area (Å²) in [6.45, 7) is 0. The third-order valence-electron chi connectivity index (χ3n) is 2.80. The van der Waals surface area contributed by atoms with Gasteiger partial charge >= 0.3 is 0 Å². The van der Waals surface area contributed by atoms with E-state index in [2.05, 4.69) is 15.5 Å². The highest BCUT2D eigenvalue weighted by Gasteiger charge is 2.07. The lowest BCUT2D eigenvalue weighted by Crippen LogP contribution is -2.23. The van der Waals surface area contributed by atoms with Crippen LogP contribution < -0.4 is 5.43 Å². The van der Waals surface area contributed by atoms with Gasteiger partial charge in [0.25, 0.3) is 5.91 Å². The first-order chi connectivity index (χ1) is 9.83. The van der Waals surface area contributed by atoms with Crippen LogP contribution in [-0.2, 0) is 0 Å². The van der Waals surface area contributed by atoms with E-state index in [1.54, 1.807) is 24.5 Å². The first kappa shape index (κ1) is 14.7. The van der Waals surface area contributed by atoms with Crippen molar-refractivity contribution in [3.8, 4) is 11.3 Å². The van der Waals surface area contributed by atoms with Gasteiger partial charge in [0.15, 0.2) is 0 Å². The number of nitrogens with zero attached hydrogens (tertiary/aromatic N) is 3. The molecule has 3 aromatic rings. The van der Waals surface area contributed by atoms with Gasteiger partial charge in [-0.25, -0.2) is 5.43 Å². The molecule has 2 heterocycles. The quantitative estimate of drug-likeness (QED) is 0.809. The lowest BCUT2D eigenvalue weighted by atomic mass is 10.2. The van der Waals surface area contributed by atoms with E-state index in [9.17, 15) is 4.79 Å². The molecule has 0 spiro atoms. The Balaban J connectivity index is 0.00000161. The summed E-state index contributed by atoms with van der Waals surface area (Å²) in [6, 6.07) is 15.0. The number of carbonyl (C=O) groups excluding carboxylic acids is 1. The Morgan fingerprint density at radius 1 is 1.05 bits per heavy atom. The Bertz CT molecular complexity index is 713. The van der Waals surface area contributed by atoms with Crippen molar-refractivity contribution in [1.82, 2.24) is 14.9 Å². The maximum Gasteiger partial charge on any atom is 0.272 e. The summed E-state index contributed by atoms with van der Waals surface area (Å²) in [4.78, 5) is 17.3. The molecule has 1 aromatic carbocycles. The van der Waals surface area contributed by atoms with Crippen LogP contribution in [0.25, 0.3) is 11.3 Å². The smallest absolute Gasteiger partial charge is 0.267 e. The van der Waals surface area contributed by atoms with Gasteiger partial charge in [0.05, 0.1) is 11.3 Å². The van der Waals surface area contributed by atoms with E-state index in [0.717, 1.165) is 11.3 Å². The number of nitrogens with one attached hydrogen (secondary N) is 1. The van der Waals surface area contributed by atoms with Crippen molar-refractivity contribution >= 4 is 18.3 Å². The van der Waals surface area contributed by atoms with Crippen LogP contribution in [0.3, 0.4) is 0 Å². The molecule has 0 bridgehead atoms. The summed E-state index contributed by atoms with van der Waals surface area (Å²) >= 11 is 0. The van der Waals surface area contributed by atoms with Crippen molar-refractivity contribution in [2.75, 3.05) is 5.43 Å². The maximum atomic E-state index is 11.9. The molecular weight excluding hydrogens is 288 g/mol. The minimum atomic E-state index is -0.249. The molecule has 5 nitrogen and oxygen atoms in total. The average Bonchev–Trinajstić information content (AvgIpc) is 2.97. The Kier molecular flexibility index (Phi) is 4.68. The lowest BCUT2D eigenvalue weighted by molar-refractivity contribution is 0.100. The number of carbonyl (C=O) groups is 1. The van der Waals surface area contributed by atoms with Gasteiger partial charge in [-0.3, -0.25) is 9.78 Å². The second-order valence-corrected chi connectivity index (χ2v) is 4.19. The molecule has 0 aliphatic heterocycles. The van der Waals surface area contributed by atoms with Crippen LogP contribution in [0.2, 0.25) is 0 Å². The van der Waals surface area contributed by atoms with E-state index in [4.69, 9.17) is 0 Å². The van der Waals surface area contributed by atoms with Crippen molar-refractivity contribution < 1.29 is 4.79 Å². The number of rotatable bonds is 3. The Labute approximate surface area is 128 Å². The lowest BCUT2D eigenvalue weighted by Gasteiger charge is -2.04. The molecular formula is C15H13ClN4O. The van der Waals surface area contributed by atoms with E-state index in [1.807, 2.05) is 36.4 Å². The molecule has 0 aliphatic carbocycles. The number of benzene rings is 1. The largest absolute Gasteiger partial charge is 0.272 e. The Hall–Kier alpha value is -2.66. The maximum absolute atomic E-state index is 11.9. The predicted molar refractivity (Wildman–Crippen MR) is 82.8 cm³/mol. The van der Waals surface area contributed by atoms with E-state index in [0.29, 0.717) is 5.56 Å². The normalized spacial score (nSPS) is 9.71. The predicted octanol–water partition coefficient (Wildman–Crippen LogP) is 2.75. The monoisotopic (exact) mass is 300 g/mol. The first-order valence-electron chi connectivity index (χ1n) is 6.15. The van der Waals surface area contributed by atoms with Crippen LogP contribution in [0.4, 0.5) is 0 Å². The summed E-state index contributed by atoms with van der Waals surface area (Å²) in [5, 5.41) is 4.31. The van der Waals surface area contributed by atoms with E-state index >= 15 is 0 Å². The molecule has 6 heteroatoms. The van der Waals surface area contributed by atoms with Gasteiger partial charge < -0.3 is 0 Å². The van der Waals surface area contributed by atoms with Crippen molar-refractivity contribution in [2.45, 2.75) is 0 Å². The summed E-state index contributed by atoms with van der Waals surface area (Å²) in [6.07, 6.45) is 4.84. The summed E-state index contributed by atoms with van der Waals surface area (Å²) in [5.41, 5.74) is 4.97. The zero-order valence-corrected chi connectivity index (χ0v) is 11.8. The van der Waals surface area contributed by atoms with Crippen molar-refractivity contribution in [2.24, 2.45) is 0 Å². The van der Waals surface area contributed by atoms with Crippen LogP contribution in [0.5, 0.6) is 0 Å². The van der Waals surface area contributed by atoms with Gasteiger partial charge in [-0.2, -0.15) is 9.89 Å². The fourth-order valence-electron chi connectivity index (χ4n) is 1.81. The van der Waals surface area contributed by atoms with Gasteiger partial charge in [0, 0.05) is 24.2 Å². The molecule has 0 radical (unpaired) electrons. The molecule has 0 atom stereocenters. The molecule has 0 saturated carbocycles. The Morgan fingerprint density at radius 2 is 1.86 bits per heavy atom. The van der Waals surface area contributed by atoms with E-state index < -0.39 is 0 Å². The second kappa shape index (κ2) is 6.67. The van der Waals surface area contributed by atoms with Gasteiger partial charge in [-0.15, -0.1) is 12.4 Å². The topological polar surface area (TPSA) is 59.8 Å². The van der Waals surface area contributed by atoms with Crippen LogP contribution in [0.15, 0.2) is 67.1 Å². The number of aromatic nitrogens is 3. The van der Waals surface area contributed by atoms with Crippen LogP contribution in [0.1, 0.15) is 10.4 Å². The third kappa shape index (κ3) is 3.46. The number of hydrogen-bond acceptors (Lipinski definition) is 3. The summed E-state index contributed by atoms with van der Waals surface area (Å²) < 4.78 is 0. The highest BCUT2D eigenvalue weighted by molar-refractivity contribution is 5.99. The van der Waals surface area contributed by atoms with Crippen LogP contribution >= 0.6 is 12.4 Å². The van der Waals surface area contributed by atoms with E-state index in [1.165, 1.54) is 11.0 Å². The molecule has 106 valence electrons. The molecule has 1 amide bonds. The zero-order valence-electron chi connectivity index (χ0n) is 11.0. The molecule has 0 aliphatic rings. The highest BCUT2D eigenvalue weighted by Crippen LogP contribution is 2.15. The van der Waals surface area contributed by atoms with Gasteiger partial charge in [-0.1, -0.05) is 30.3 Å². The first-order valence-corrected chi connectivity index (χ1v) is 6.15. The second-order valence-electron chi connectivity index (χ2n) is 4.19. The average molecular weight is 301 g/mol. The zero-order chi connectivity index (χ0) is 13.8. The minimum Gasteiger partial charge on any atom is -0.267 e. The fourth-order valence-corrected chi connectivity index (χ4v) is 1.81.